The van der Waals surface area contributed by atoms with Gasteiger partial charge in [0, 0.05) is 10.7 Å². The summed E-state index contributed by atoms with van der Waals surface area (Å²) in [7, 11) is 0. The summed E-state index contributed by atoms with van der Waals surface area (Å²) in [6.45, 7) is 0.304. The minimum atomic E-state index is -4.87. The minimum absolute atomic E-state index is 0.304. The zero-order valence-corrected chi connectivity index (χ0v) is 11.1. The first-order chi connectivity index (χ1) is 8.86. The highest BCUT2D eigenvalue weighted by atomic mass is 79.9. The Balaban J connectivity index is 2.14. The van der Waals surface area contributed by atoms with Crippen LogP contribution >= 0.6 is 15.9 Å². The van der Waals surface area contributed by atoms with Gasteiger partial charge < -0.3 is 0 Å². The van der Waals surface area contributed by atoms with Crippen LogP contribution < -0.4 is 0 Å². The van der Waals surface area contributed by atoms with Crippen molar-refractivity contribution >= 4 is 21.7 Å². The van der Waals surface area contributed by atoms with Crippen LogP contribution in [0.25, 0.3) is 0 Å². The molecule has 0 saturated carbocycles. The fourth-order valence-electron chi connectivity index (χ4n) is 1.51. The summed E-state index contributed by atoms with van der Waals surface area (Å²) in [4.78, 5) is 11.0. The lowest BCUT2D eigenvalue weighted by Gasteiger charge is -2.03. The van der Waals surface area contributed by atoms with Crippen LogP contribution in [-0.4, -0.2) is 21.7 Å². The number of hydrogen-bond donors (Lipinski definition) is 0. The number of alkyl halides is 3. The van der Waals surface area contributed by atoms with Crippen molar-refractivity contribution in [1.29, 1.82) is 0 Å². The first-order valence-corrected chi connectivity index (χ1v) is 6.04. The maximum absolute atomic E-state index is 12.2. The molecule has 0 amide bonds. The molecule has 3 nitrogen and oxygen atoms in total. The van der Waals surface area contributed by atoms with Crippen LogP contribution in [0.15, 0.2) is 41.1 Å². The normalized spacial score (nSPS) is 11.6. The van der Waals surface area contributed by atoms with Crippen LogP contribution in [0.1, 0.15) is 15.9 Å². The molecule has 0 saturated heterocycles. The van der Waals surface area contributed by atoms with E-state index in [1.165, 1.54) is 4.68 Å². The molecule has 2 aromatic rings. The molecule has 1 aromatic heterocycles. The molecule has 1 aromatic carbocycles. The monoisotopic (exact) mass is 332 g/mol. The maximum Gasteiger partial charge on any atom is 0.454 e. The molecule has 0 aliphatic heterocycles. The van der Waals surface area contributed by atoms with Crippen LogP contribution in [-0.2, 0) is 6.54 Å². The zero-order chi connectivity index (χ0) is 14.0. The highest BCUT2D eigenvalue weighted by molar-refractivity contribution is 9.10. The lowest BCUT2D eigenvalue weighted by molar-refractivity contribution is -0.0885. The SMILES string of the molecule is O=C(c1cnn(Cc2ccc(Br)cc2)c1)C(F)(F)F. The molecule has 0 aliphatic carbocycles. The van der Waals surface area contributed by atoms with Gasteiger partial charge in [0.2, 0.25) is 0 Å². The summed E-state index contributed by atoms with van der Waals surface area (Å²) >= 11 is 3.28. The number of ketones is 1. The van der Waals surface area contributed by atoms with Crippen molar-refractivity contribution in [3.05, 3.63) is 52.3 Å². The fourth-order valence-corrected chi connectivity index (χ4v) is 1.77. The maximum atomic E-state index is 12.2. The van der Waals surface area contributed by atoms with Crippen LogP contribution in [0.2, 0.25) is 0 Å². The molecule has 0 bridgehead atoms. The number of benzene rings is 1. The van der Waals surface area contributed by atoms with E-state index in [1.807, 2.05) is 24.3 Å². The van der Waals surface area contributed by atoms with E-state index >= 15 is 0 Å². The Kier molecular flexibility index (Phi) is 3.75. The van der Waals surface area contributed by atoms with Gasteiger partial charge in [-0.25, -0.2) is 0 Å². The van der Waals surface area contributed by atoms with Crippen LogP contribution in [0, 0.1) is 0 Å². The molecule has 19 heavy (non-hydrogen) atoms. The number of aromatic nitrogens is 2. The molecular weight excluding hydrogens is 325 g/mol. The van der Waals surface area contributed by atoms with E-state index in [4.69, 9.17) is 0 Å². The van der Waals surface area contributed by atoms with Crippen molar-refractivity contribution in [2.24, 2.45) is 0 Å². The summed E-state index contributed by atoms with van der Waals surface area (Å²) < 4.78 is 38.9. The summed E-state index contributed by atoms with van der Waals surface area (Å²) in [5, 5.41) is 3.75. The lowest BCUT2D eigenvalue weighted by atomic mass is 10.2. The molecule has 100 valence electrons. The van der Waals surface area contributed by atoms with Gasteiger partial charge in [-0.2, -0.15) is 18.3 Å². The highest BCUT2D eigenvalue weighted by Crippen LogP contribution is 2.21. The lowest BCUT2D eigenvalue weighted by Crippen LogP contribution is -2.22. The van der Waals surface area contributed by atoms with Gasteiger partial charge in [-0.1, -0.05) is 28.1 Å². The largest absolute Gasteiger partial charge is 0.454 e. The zero-order valence-electron chi connectivity index (χ0n) is 9.49. The molecule has 2 rings (SSSR count). The molecule has 0 N–H and O–H groups in total. The third-order valence-corrected chi connectivity index (χ3v) is 2.94. The number of halogens is 4. The van der Waals surface area contributed by atoms with E-state index in [0.717, 1.165) is 22.4 Å². The fraction of sp³-hybridized carbons (Fsp3) is 0.167. The van der Waals surface area contributed by atoms with E-state index in [-0.39, 0.29) is 0 Å². The molecule has 0 radical (unpaired) electrons. The van der Waals surface area contributed by atoms with Gasteiger partial charge in [0.25, 0.3) is 5.78 Å². The minimum Gasteiger partial charge on any atom is -0.284 e. The van der Waals surface area contributed by atoms with Gasteiger partial charge in [0.15, 0.2) is 0 Å². The Morgan fingerprint density at radius 3 is 2.47 bits per heavy atom. The third kappa shape index (κ3) is 3.44. The predicted octanol–water partition coefficient (Wildman–Crippen LogP) is 3.44. The van der Waals surface area contributed by atoms with Gasteiger partial charge in [0.1, 0.15) is 0 Å². The average molecular weight is 333 g/mol. The molecule has 0 spiro atoms. The van der Waals surface area contributed by atoms with Gasteiger partial charge in [-0.15, -0.1) is 0 Å². The standard InChI is InChI=1S/C12H8BrF3N2O/c13-10-3-1-8(2-4-10)6-18-7-9(5-17-18)11(19)12(14,15)16/h1-5,7H,6H2. The molecule has 0 unspecified atom stereocenters. The van der Waals surface area contributed by atoms with E-state index in [1.54, 1.807) is 0 Å². The first kappa shape index (κ1) is 13.8. The Morgan fingerprint density at radius 1 is 1.26 bits per heavy atom. The van der Waals surface area contributed by atoms with Crippen molar-refractivity contribution in [1.82, 2.24) is 9.78 Å². The summed E-state index contributed by atoms with van der Waals surface area (Å²) in [5.74, 6) is -1.88. The molecular formula is C12H8BrF3N2O. The second-order valence-electron chi connectivity index (χ2n) is 3.88. The van der Waals surface area contributed by atoms with Crippen LogP contribution in [0.4, 0.5) is 13.2 Å². The van der Waals surface area contributed by atoms with E-state index in [0.29, 0.717) is 6.54 Å². The Morgan fingerprint density at radius 2 is 1.89 bits per heavy atom. The van der Waals surface area contributed by atoms with E-state index in [9.17, 15) is 18.0 Å². The van der Waals surface area contributed by atoms with Crippen LogP contribution in [0.5, 0.6) is 0 Å². The number of carbonyl (C=O) groups is 1. The van der Waals surface area contributed by atoms with Gasteiger partial charge >= 0.3 is 6.18 Å². The highest BCUT2D eigenvalue weighted by Gasteiger charge is 2.39. The second-order valence-corrected chi connectivity index (χ2v) is 4.80. The van der Waals surface area contributed by atoms with Crippen molar-refractivity contribution in [2.45, 2.75) is 12.7 Å². The number of nitrogens with zero attached hydrogens (tertiary/aromatic N) is 2. The van der Waals surface area contributed by atoms with E-state index in [2.05, 4.69) is 21.0 Å². The van der Waals surface area contributed by atoms with E-state index < -0.39 is 17.5 Å². The first-order valence-electron chi connectivity index (χ1n) is 5.24. The topological polar surface area (TPSA) is 34.9 Å². The quantitative estimate of drug-likeness (QED) is 0.807. The number of carbonyl (C=O) groups excluding carboxylic acids is 1. The van der Waals surface area contributed by atoms with Crippen LogP contribution in [0.3, 0.4) is 0 Å². The third-order valence-electron chi connectivity index (χ3n) is 2.41. The Bertz CT molecular complexity index is 590. The molecule has 0 atom stereocenters. The Labute approximate surface area is 115 Å². The van der Waals surface area contributed by atoms with Crippen molar-refractivity contribution in [3.8, 4) is 0 Å². The molecule has 0 fully saturated rings. The molecule has 1 heterocycles. The van der Waals surface area contributed by atoms with Gasteiger partial charge in [-0.3, -0.25) is 9.48 Å². The summed E-state index contributed by atoms with van der Waals surface area (Å²) in [5.41, 5.74) is 0.418. The number of hydrogen-bond acceptors (Lipinski definition) is 2. The average Bonchev–Trinajstić information content (AvgIpc) is 2.78. The summed E-state index contributed by atoms with van der Waals surface area (Å²) in [6, 6.07) is 7.27. The smallest absolute Gasteiger partial charge is 0.284 e. The number of rotatable bonds is 3. The van der Waals surface area contributed by atoms with Gasteiger partial charge in [0.05, 0.1) is 18.3 Å². The van der Waals surface area contributed by atoms with Crippen molar-refractivity contribution < 1.29 is 18.0 Å². The summed E-state index contributed by atoms with van der Waals surface area (Å²) in [6.07, 6.45) is -2.85. The Hall–Kier alpha value is -1.63. The molecule has 7 heteroatoms. The van der Waals surface area contributed by atoms with Crippen molar-refractivity contribution in [3.63, 3.8) is 0 Å². The van der Waals surface area contributed by atoms with Gasteiger partial charge in [-0.05, 0) is 17.7 Å². The molecule has 0 aliphatic rings. The number of Topliss-reactive ketones (excluding diaryl/α,β-unsaturated/α-hetero) is 1. The van der Waals surface area contributed by atoms with Crippen molar-refractivity contribution in [2.75, 3.05) is 0 Å². The second kappa shape index (κ2) is 5.16. The predicted molar refractivity (Wildman–Crippen MR) is 65.9 cm³/mol.